The molecule has 1 saturated heterocycles. The molecule has 0 radical (unpaired) electrons. The van der Waals surface area contributed by atoms with Crippen LogP contribution in [0.25, 0.3) is 22.3 Å². The van der Waals surface area contributed by atoms with Crippen molar-refractivity contribution in [2.75, 3.05) is 18.4 Å². The number of nitrogens with zero attached hydrogens (tertiary/aromatic N) is 6. The lowest BCUT2D eigenvalue weighted by molar-refractivity contribution is -0.169. The first-order valence-electron chi connectivity index (χ1n) is 12.4. The lowest BCUT2D eigenvalue weighted by Gasteiger charge is -2.28. The molecule has 6 rings (SSSR count). The van der Waals surface area contributed by atoms with Crippen molar-refractivity contribution >= 4 is 23.0 Å². The summed E-state index contributed by atoms with van der Waals surface area (Å²) in [5.41, 5.74) is 4.00. The molecule has 1 aliphatic carbocycles. The Balaban J connectivity index is 1.21. The minimum Gasteiger partial charge on any atom is -0.350 e. The Morgan fingerprint density at radius 3 is 2.64 bits per heavy atom. The Morgan fingerprint density at radius 1 is 1.06 bits per heavy atom. The predicted octanol–water partition coefficient (Wildman–Crippen LogP) is 4.24. The van der Waals surface area contributed by atoms with Crippen LogP contribution in [0.4, 0.5) is 14.7 Å². The molecule has 9 nitrogen and oxygen atoms in total. The van der Waals surface area contributed by atoms with Crippen LogP contribution in [0, 0.1) is 0 Å². The average Bonchev–Trinajstić information content (AvgIpc) is 3.63. The number of carbonyl (C=O) groups is 1. The van der Waals surface area contributed by atoms with Crippen LogP contribution in [0.5, 0.6) is 0 Å². The maximum Gasteiger partial charge on any atom is 0.345 e. The van der Waals surface area contributed by atoms with Crippen molar-refractivity contribution in [3.63, 3.8) is 0 Å². The van der Waals surface area contributed by atoms with Gasteiger partial charge in [-0.25, -0.2) is 14.5 Å². The van der Waals surface area contributed by atoms with E-state index in [2.05, 4.69) is 25.1 Å². The normalized spacial score (nSPS) is 20.6. The summed E-state index contributed by atoms with van der Waals surface area (Å²) in [6.45, 7) is -1.15. The third-order valence-corrected chi connectivity index (χ3v) is 7.15. The number of aromatic nitrogens is 5. The molecule has 4 aromatic rings. The van der Waals surface area contributed by atoms with E-state index < -0.39 is 12.7 Å². The third kappa shape index (κ3) is 4.39. The van der Waals surface area contributed by atoms with Crippen LogP contribution in [0.15, 0.2) is 43.0 Å². The zero-order chi connectivity index (χ0) is 24.6. The number of likely N-dealkylation sites (tertiary alicyclic amines) is 1. The van der Waals surface area contributed by atoms with E-state index in [9.17, 15) is 13.6 Å². The monoisotopic (exact) mass is 495 g/mol. The van der Waals surface area contributed by atoms with Gasteiger partial charge in [0.25, 0.3) is 5.91 Å². The van der Waals surface area contributed by atoms with Crippen molar-refractivity contribution in [2.45, 2.75) is 57.3 Å². The van der Waals surface area contributed by atoms with Crippen molar-refractivity contribution in [3.05, 3.63) is 48.7 Å². The maximum atomic E-state index is 13.0. The highest BCUT2D eigenvalue weighted by Gasteiger charge is 2.25. The summed E-state index contributed by atoms with van der Waals surface area (Å²) in [5, 5.41) is 7.92. The van der Waals surface area contributed by atoms with E-state index in [-0.39, 0.29) is 11.9 Å². The zero-order valence-electron chi connectivity index (χ0n) is 19.7. The molecule has 0 atom stereocenters. The third-order valence-electron chi connectivity index (χ3n) is 7.15. The fourth-order valence-electron chi connectivity index (χ4n) is 5.26. The topological polar surface area (TPSA) is 89.1 Å². The van der Waals surface area contributed by atoms with Gasteiger partial charge in [0.2, 0.25) is 5.95 Å². The second-order valence-corrected chi connectivity index (χ2v) is 9.44. The Hall–Kier alpha value is -3.60. The number of fused-ring (bicyclic) bond motifs is 2. The smallest absolute Gasteiger partial charge is 0.345 e. The number of carbonyl (C=O) groups excluding carboxylic acids is 1. The van der Waals surface area contributed by atoms with Gasteiger partial charge in [0.05, 0.1) is 24.0 Å². The van der Waals surface area contributed by atoms with Gasteiger partial charge in [-0.1, -0.05) is 0 Å². The van der Waals surface area contributed by atoms with Gasteiger partial charge in [-0.2, -0.15) is 8.78 Å². The second-order valence-electron chi connectivity index (χ2n) is 9.44. The van der Waals surface area contributed by atoms with Crippen molar-refractivity contribution in [1.29, 1.82) is 0 Å². The molecular formula is C25H27F2N7O2. The predicted molar refractivity (Wildman–Crippen MR) is 129 cm³/mol. The molecular weight excluding hydrogens is 468 g/mol. The van der Waals surface area contributed by atoms with E-state index in [1.165, 1.54) is 0 Å². The number of amides is 1. The van der Waals surface area contributed by atoms with E-state index in [1.54, 1.807) is 16.9 Å². The van der Waals surface area contributed by atoms with E-state index in [0.717, 1.165) is 61.1 Å². The summed E-state index contributed by atoms with van der Waals surface area (Å²) in [6.07, 6.45) is 11.5. The summed E-state index contributed by atoms with van der Waals surface area (Å²) in [6, 6.07) is 5.98. The van der Waals surface area contributed by atoms with Gasteiger partial charge in [0.1, 0.15) is 11.3 Å². The fourth-order valence-corrected chi connectivity index (χ4v) is 5.26. The number of halogens is 2. The number of nitrogens with one attached hydrogen (secondary N) is 1. The molecule has 1 N–H and O–H groups in total. The second kappa shape index (κ2) is 9.45. The molecule has 0 bridgehead atoms. The van der Waals surface area contributed by atoms with Crippen LogP contribution in [0.3, 0.4) is 0 Å². The summed E-state index contributed by atoms with van der Waals surface area (Å²) >= 11 is 0. The summed E-state index contributed by atoms with van der Waals surface area (Å²) in [7, 11) is 0. The van der Waals surface area contributed by atoms with Crippen LogP contribution in [-0.2, 0) is 4.74 Å². The minimum atomic E-state index is -2.72. The Morgan fingerprint density at radius 2 is 1.86 bits per heavy atom. The van der Waals surface area contributed by atoms with Crippen LogP contribution >= 0.6 is 0 Å². The van der Waals surface area contributed by atoms with Gasteiger partial charge in [-0.15, -0.1) is 5.10 Å². The highest BCUT2D eigenvalue weighted by molar-refractivity contribution is 5.93. The van der Waals surface area contributed by atoms with Crippen molar-refractivity contribution < 1.29 is 18.3 Å². The first kappa shape index (κ1) is 22.8. The van der Waals surface area contributed by atoms with Crippen LogP contribution < -0.4 is 5.32 Å². The number of pyridine rings is 1. The number of hydrogen-bond donors (Lipinski definition) is 1. The van der Waals surface area contributed by atoms with E-state index in [1.807, 2.05) is 39.9 Å². The molecule has 0 spiro atoms. The quantitative estimate of drug-likeness (QED) is 0.430. The molecule has 4 aromatic heterocycles. The van der Waals surface area contributed by atoms with Crippen molar-refractivity contribution in [2.24, 2.45) is 0 Å². The number of imidazole rings is 1. The van der Waals surface area contributed by atoms with Gasteiger partial charge in [-0.05, 0) is 56.7 Å². The highest BCUT2D eigenvalue weighted by atomic mass is 19.3. The van der Waals surface area contributed by atoms with Gasteiger partial charge < -0.3 is 15.0 Å². The van der Waals surface area contributed by atoms with Gasteiger partial charge >= 0.3 is 6.61 Å². The summed E-state index contributed by atoms with van der Waals surface area (Å²) < 4.78 is 33.1. The fraction of sp³-hybridized carbons (Fsp3) is 0.440. The van der Waals surface area contributed by atoms with Crippen LogP contribution in [-0.4, -0.2) is 66.6 Å². The standard InChI is InChI=1S/C25H27F2N7O2/c26-24(27)36-18-6-4-17(5-7-18)30-25-29-13-20-19(9-12-34(20)31-25)16-3-8-22-28-14-21(33(22)15-16)23(35)32-10-1-2-11-32/h3,8-9,12-15,17-18,24H,1-2,4-7,10-11H2,(H,30,31)/t17-,18-. The van der Waals surface area contributed by atoms with Crippen LogP contribution in [0.1, 0.15) is 49.0 Å². The molecule has 36 heavy (non-hydrogen) atoms. The lowest BCUT2D eigenvalue weighted by Crippen LogP contribution is -2.31. The van der Waals surface area contributed by atoms with Gasteiger partial charge in [-0.3, -0.25) is 9.20 Å². The number of hydrogen-bond acceptors (Lipinski definition) is 6. The number of alkyl halides is 2. The molecule has 2 aliphatic rings. The van der Waals surface area contributed by atoms with Crippen molar-refractivity contribution in [3.8, 4) is 11.1 Å². The molecule has 11 heteroatoms. The largest absolute Gasteiger partial charge is 0.350 e. The van der Waals surface area contributed by atoms with Crippen LogP contribution in [0.2, 0.25) is 0 Å². The number of anilines is 1. The minimum absolute atomic E-state index is 0.00717. The maximum absolute atomic E-state index is 13.0. The lowest BCUT2D eigenvalue weighted by atomic mass is 9.93. The SMILES string of the molecule is O=C(c1cnc2ccc(-c3ccn4nc(N[C@H]5CC[C@H](OC(F)F)CC5)ncc34)cn12)N1CCCC1. The first-order valence-corrected chi connectivity index (χ1v) is 12.4. The molecule has 188 valence electrons. The van der Waals surface area contributed by atoms with E-state index >= 15 is 0 Å². The van der Waals surface area contributed by atoms with Gasteiger partial charge in [0.15, 0.2) is 0 Å². The molecule has 2 fully saturated rings. The molecule has 5 heterocycles. The molecule has 1 saturated carbocycles. The summed E-state index contributed by atoms with van der Waals surface area (Å²) in [4.78, 5) is 23.8. The Labute approximate surface area is 206 Å². The molecule has 1 amide bonds. The summed E-state index contributed by atoms with van der Waals surface area (Å²) in [5.74, 6) is 0.499. The van der Waals surface area contributed by atoms with Gasteiger partial charge in [0, 0.05) is 42.7 Å². The van der Waals surface area contributed by atoms with Crippen molar-refractivity contribution in [1.82, 2.24) is 28.9 Å². The molecule has 1 aliphatic heterocycles. The Kier molecular flexibility index (Phi) is 6.00. The number of ether oxygens (including phenoxy) is 1. The molecule has 0 unspecified atom stereocenters. The zero-order valence-corrected chi connectivity index (χ0v) is 19.7. The highest BCUT2D eigenvalue weighted by Crippen LogP contribution is 2.28. The molecule has 0 aromatic carbocycles. The van der Waals surface area contributed by atoms with E-state index in [4.69, 9.17) is 0 Å². The Bertz CT molecular complexity index is 1390. The number of rotatable bonds is 6. The average molecular weight is 496 g/mol. The first-order chi connectivity index (χ1) is 17.5. The van der Waals surface area contributed by atoms with E-state index in [0.29, 0.717) is 24.5 Å².